The Kier molecular flexibility index (Phi) is 4.34. The van der Waals surface area contributed by atoms with Crippen molar-refractivity contribution < 1.29 is 8.42 Å². The van der Waals surface area contributed by atoms with Crippen LogP contribution >= 0.6 is 11.3 Å². The van der Waals surface area contributed by atoms with Crippen LogP contribution in [-0.4, -0.2) is 19.4 Å². The molecule has 0 saturated heterocycles. The summed E-state index contributed by atoms with van der Waals surface area (Å²) in [5, 5.41) is 5.27. The lowest BCUT2D eigenvalue weighted by Gasteiger charge is -2.04. The fourth-order valence-corrected chi connectivity index (χ4v) is 4.13. The summed E-state index contributed by atoms with van der Waals surface area (Å²) < 4.78 is 27.4. The van der Waals surface area contributed by atoms with Gasteiger partial charge in [-0.15, -0.1) is 11.3 Å². The highest BCUT2D eigenvalue weighted by atomic mass is 32.2. The zero-order valence-corrected chi connectivity index (χ0v) is 13.1. The first-order valence-electron chi connectivity index (χ1n) is 6.84. The molecule has 7 heteroatoms. The molecule has 3 rings (SSSR count). The van der Waals surface area contributed by atoms with Crippen LogP contribution in [0.15, 0.2) is 40.1 Å². The van der Waals surface area contributed by atoms with Crippen molar-refractivity contribution in [2.75, 3.05) is 0 Å². The van der Waals surface area contributed by atoms with Crippen LogP contribution in [0.4, 0.5) is 0 Å². The molecule has 5 nitrogen and oxygen atoms in total. The third-order valence-electron chi connectivity index (χ3n) is 3.24. The first-order valence-corrected chi connectivity index (χ1v) is 9.20. The Morgan fingerprint density at radius 3 is 2.86 bits per heavy atom. The molecule has 0 spiro atoms. The molecule has 1 fully saturated rings. The quantitative estimate of drug-likeness (QED) is 0.816. The Bertz CT molecular complexity index is 694. The van der Waals surface area contributed by atoms with E-state index in [1.807, 2.05) is 11.4 Å². The van der Waals surface area contributed by atoms with Gasteiger partial charge in [-0.25, -0.2) is 13.1 Å². The standard InChI is InChI=1S/C14H17N3O2S2/c18-21(19,17-9-13-3-1-2-6-15-13)14-7-11(10-20-14)8-16-12-4-5-12/h1-3,6-7,10,12,16-17H,4-5,8-9H2. The van der Waals surface area contributed by atoms with Gasteiger partial charge in [0.1, 0.15) is 4.21 Å². The van der Waals surface area contributed by atoms with Crippen molar-refractivity contribution in [3.05, 3.63) is 47.1 Å². The van der Waals surface area contributed by atoms with Crippen molar-refractivity contribution in [3.8, 4) is 0 Å². The van der Waals surface area contributed by atoms with E-state index in [4.69, 9.17) is 0 Å². The number of nitrogens with zero attached hydrogens (tertiary/aromatic N) is 1. The average molecular weight is 323 g/mol. The van der Waals surface area contributed by atoms with Gasteiger partial charge in [0, 0.05) is 18.8 Å². The molecule has 2 aromatic heterocycles. The molecule has 112 valence electrons. The summed E-state index contributed by atoms with van der Waals surface area (Å²) in [5.41, 5.74) is 1.72. The predicted molar refractivity (Wildman–Crippen MR) is 82.4 cm³/mol. The molecule has 0 bridgehead atoms. The van der Waals surface area contributed by atoms with E-state index in [2.05, 4.69) is 15.0 Å². The van der Waals surface area contributed by atoms with Crippen LogP contribution < -0.4 is 10.0 Å². The molecule has 2 aromatic rings. The SMILES string of the molecule is O=S(=O)(NCc1ccccn1)c1cc(CNC2CC2)cs1. The van der Waals surface area contributed by atoms with E-state index >= 15 is 0 Å². The molecule has 0 unspecified atom stereocenters. The zero-order valence-electron chi connectivity index (χ0n) is 11.5. The number of sulfonamides is 1. The molecule has 1 aliphatic carbocycles. The van der Waals surface area contributed by atoms with Crippen LogP contribution in [0.5, 0.6) is 0 Å². The number of thiophene rings is 1. The van der Waals surface area contributed by atoms with E-state index in [9.17, 15) is 8.42 Å². The van der Waals surface area contributed by atoms with Gasteiger partial charge in [0.2, 0.25) is 10.0 Å². The van der Waals surface area contributed by atoms with Gasteiger partial charge >= 0.3 is 0 Å². The molecule has 2 heterocycles. The van der Waals surface area contributed by atoms with Crippen LogP contribution in [0.2, 0.25) is 0 Å². The Morgan fingerprint density at radius 1 is 1.29 bits per heavy atom. The van der Waals surface area contributed by atoms with Gasteiger partial charge in [-0.2, -0.15) is 0 Å². The normalized spacial score (nSPS) is 15.2. The number of rotatable bonds is 7. The minimum absolute atomic E-state index is 0.205. The van der Waals surface area contributed by atoms with E-state index in [0.717, 1.165) is 12.1 Å². The van der Waals surface area contributed by atoms with E-state index in [1.165, 1.54) is 24.2 Å². The van der Waals surface area contributed by atoms with Crippen molar-refractivity contribution in [1.82, 2.24) is 15.0 Å². The first-order chi connectivity index (χ1) is 10.1. The second kappa shape index (κ2) is 6.23. The molecule has 0 aliphatic heterocycles. The lowest BCUT2D eigenvalue weighted by atomic mass is 10.3. The van der Waals surface area contributed by atoms with Crippen LogP contribution in [0.1, 0.15) is 24.1 Å². The Hall–Kier alpha value is -1.28. The van der Waals surface area contributed by atoms with Gasteiger partial charge in [-0.05, 0) is 42.0 Å². The second-order valence-corrected chi connectivity index (χ2v) is 7.98. The van der Waals surface area contributed by atoms with Crippen LogP contribution in [-0.2, 0) is 23.1 Å². The summed E-state index contributed by atoms with van der Waals surface area (Å²) in [6, 6.07) is 7.79. The summed E-state index contributed by atoms with van der Waals surface area (Å²) in [7, 11) is -3.46. The number of hydrogen-bond acceptors (Lipinski definition) is 5. The Balaban J connectivity index is 1.61. The molecule has 0 radical (unpaired) electrons. The summed E-state index contributed by atoms with van der Waals surface area (Å²) in [6.45, 7) is 0.938. The third kappa shape index (κ3) is 4.10. The topological polar surface area (TPSA) is 71.1 Å². The summed E-state index contributed by atoms with van der Waals surface area (Å²) >= 11 is 1.25. The van der Waals surface area contributed by atoms with Gasteiger partial charge in [0.05, 0.1) is 12.2 Å². The molecule has 0 amide bonds. The number of hydrogen-bond donors (Lipinski definition) is 2. The minimum Gasteiger partial charge on any atom is -0.310 e. The maximum Gasteiger partial charge on any atom is 0.250 e. The average Bonchev–Trinajstić information content (AvgIpc) is 3.20. The van der Waals surface area contributed by atoms with Crippen molar-refractivity contribution in [1.29, 1.82) is 0 Å². The van der Waals surface area contributed by atoms with Gasteiger partial charge in [-0.1, -0.05) is 6.07 Å². The highest BCUT2D eigenvalue weighted by Crippen LogP contribution is 2.23. The molecule has 0 aromatic carbocycles. The largest absolute Gasteiger partial charge is 0.310 e. The first kappa shape index (κ1) is 14.6. The van der Waals surface area contributed by atoms with Crippen molar-refractivity contribution in [3.63, 3.8) is 0 Å². The summed E-state index contributed by atoms with van der Waals surface area (Å²) in [4.78, 5) is 4.10. The van der Waals surface area contributed by atoms with Gasteiger partial charge < -0.3 is 5.32 Å². The smallest absolute Gasteiger partial charge is 0.250 e. The predicted octanol–water partition coefficient (Wildman–Crippen LogP) is 1.87. The minimum atomic E-state index is -3.46. The molecule has 0 atom stereocenters. The van der Waals surface area contributed by atoms with Crippen molar-refractivity contribution in [2.45, 2.75) is 36.2 Å². The fraction of sp³-hybridized carbons (Fsp3) is 0.357. The van der Waals surface area contributed by atoms with E-state index in [-0.39, 0.29) is 6.54 Å². The zero-order chi connectivity index (χ0) is 14.7. The maximum absolute atomic E-state index is 12.2. The Labute approximate surface area is 128 Å². The van der Waals surface area contributed by atoms with Crippen molar-refractivity contribution in [2.24, 2.45) is 0 Å². The third-order valence-corrected chi connectivity index (χ3v) is 6.13. The van der Waals surface area contributed by atoms with Gasteiger partial charge in [-0.3, -0.25) is 4.98 Å². The number of pyridine rings is 1. The number of nitrogens with one attached hydrogen (secondary N) is 2. The highest BCUT2D eigenvalue weighted by molar-refractivity contribution is 7.91. The van der Waals surface area contributed by atoms with E-state index in [1.54, 1.807) is 24.4 Å². The lowest BCUT2D eigenvalue weighted by Crippen LogP contribution is -2.23. The molecule has 1 saturated carbocycles. The van der Waals surface area contributed by atoms with Gasteiger partial charge in [0.25, 0.3) is 0 Å². The maximum atomic E-state index is 12.2. The summed E-state index contributed by atoms with van der Waals surface area (Å²) in [6.07, 6.45) is 4.10. The van der Waals surface area contributed by atoms with Crippen molar-refractivity contribution >= 4 is 21.4 Å². The van der Waals surface area contributed by atoms with Crippen LogP contribution in [0.3, 0.4) is 0 Å². The Morgan fingerprint density at radius 2 is 2.14 bits per heavy atom. The molecule has 1 aliphatic rings. The fourth-order valence-electron chi connectivity index (χ4n) is 1.88. The van der Waals surface area contributed by atoms with Crippen LogP contribution in [0.25, 0.3) is 0 Å². The molecule has 2 N–H and O–H groups in total. The van der Waals surface area contributed by atoms with Gasteiger partial charge in [0.15, 0.2) is 0 Å². The lowest BCUT2D eigenvalue weighted by molar-refractivity contribution is 0.582. The highest BCUT2D eigenvalue weighted by Gasteiger charge is 2.21. The molecule has 21 heavy (non-hydrogen) atoms. The van der Waals surface area contributed by atoms with E-state index in [0.29, 0.717) is 15.9 Å². The molecular formula is C14H17N3O2S2. The molecular weight excluding hydrogens is 306 g/mol. The monoisotopic (exact) mass is 323 g/mol. The summed E-state index contributed by atoms with van der Waals surface area (Å²) in [5.74, 6) is 0. The van der Waals surface area contributed by atoms with E-state index < -0.39 is 10.0 Å². The second-order valence-electron chi connectivity index (χ2n) is 5.07. The number of aromatic nitrogens is 1. The van der Waals surface area contributed by atoms with Crippen LogP contribution in [0, 0.1) is 0 Å².